The molecule has 1 aromatic carbocycles. The molecule has 0 saturated heterocycles. The van der Waals surface area contributed by atoms with Gasteiger partial charge in [-0.15, -0.1) is 0 Å². The molecule has 1 heterocycles. The Morgan fingerprint density at radius 3 is 2.71 bits per heavy atom. The Kier molecular flexibility index (Phi) is 6.13. The lowest BCUT2D eigenvalue weighted by Crippen LogP contribution is -2.36. The van der Waals surface area contributed by atoms with Gasteiger partial charge in [0.05, 0.1) is 11.0 Å². The van der Waals surface area contributed by atoms with Crippen molar-refractivity contribution in [1.82, 2.24) is 5.32 Å². The average molecular weight is 390 g/mol. The number of ether oxygens (including phenoxy) is 3. The summed E-state index contributed by atoms with van der Waals surface area (Å²) in [5.41, 5.74) is 0.569. The number of amides is 1. The van der Waals surface area contributed by atoms with Crippen molar-refractivity contribution in [1.29, 1.82) is 0 Å². The van der Waals surface area contributed by atoms with E-state index in [4.69, 9.17) is 14.2 Å². The maximum atomic E-state index is 12.4. The highest BCUT2D eigenvalue weighted by molar-refractivity contribution is 5.96. The van der Waals surface area contributed by atoms with Crippen LogP contribution >= 0.6 is 0 Å². The molecule has 9 nitrogen and oxygen atoms in total. The van der Waals surface area contributed by atoms with Gasteiger partial charge in [0.2, 0.25) is 6.79 Å². The van der Waals surface area contributed by atoms with Crippen molar-refractivity contribution in [3.05, 3.63) is 39.5 Å². The van der Waals surface area contributed by atoms with E-state index in [1.54, 1.807) is 0 Å². The predicted molar refractivity (Wildman–Crippen MR) is 98.3 cm³/mol. The number of rotatable bonds is 7. The van der Waals surface area contributed by atoms with Gasteiger partial charge in [0, 0.05) is 12.6 Å². The lowest BCUT2D eigenvalue weighted by Gasteiger charge is -2.15. The fraction of sp³-hybridized carbons (Fsp3) is 0.474. The van der Waals surface area contributed by atoms with E-state index >= 15 is 0 Å². The maximum Gasteiger partial charge on any atom is 0.346 e. The Labute approximate surface area is 161 Å². The summed E-state index contributed by atoms with van der Waals surface area (Å²) in [5, 5.41) is 14.0. The van der Waals surface area contributed by atoms with Gasteiger partial charge in [0.1, 0.15) is 5.56 Å². The second kappa shape index (κ2) is 8.73. The number of carbonyl (C=O) groups excluding carboxylic acids is 2. The molecule has 9 heteroatoms. The van der Waals surface area contributed by atoms with Crippen LogP contribution in [-0.2, 0) is 9.53 Å². The van der Waals surface area contributed by atoms with Gasteiger partial charge in [-0.2, -0.15) is 0 Å². The van der Waals surface area contributed by atoms with Gasteiger partial charge in [0.15, 0.2) is 17.6 Å². The Morgan fingerprint density at radius 2 is 2.04 bits per heavy atom. The predicted octanol–water partition coefficient (Wildman–Crippen LogP) is 2.88. The number of nitro groups is 1. The smallest absolute Gasteiger partial charge is 0.346 e. The van der Waals surface area contributed by atoms with Crippen LogP contribution in [0.1, 0.15) is 49.4 Å². The SMILES string of the molecule is C[C@H](OC(=O)c1cc2c(cc1[N+](=O)[O-])OCO2)C(=O)NCCC1=CCCCC1. The number of fused-ring (bicyclic) bond motifs is 1. The summed E-state index contributed by atoms with van der Waals surface area (Å²) in [5.74, 6) is -1.02. The van der Waals surface area contributed by atoms with Gasteiger partial charge < -0.3 is 19.5 Å². The van der Waals surface area contributed by atoms with Gasteiger partial charge in [0.25, 0.3) is 11.6 Å². The third kappa shape index (κ3) is 4.59. The van der Waals surface area contributed by atoms with Crippen molar-refractivity contribution in [3.63, 3.8) is 0 Å². The number of hydrogen-bond acceptors (Lipinski definition) is 7. The molecular formula is C19H22N2O7. The molecule has 1 amide bonds. The normalized spacial score (nSPS) is 16.1. The average Bonchev–Trinajstić information content (AvgIpc) is 3.15. The lowest BCUT2D eigenvalue weighted by molar-refractivity contribution is -0.385. The zero-order valence-electron chi connectivity index (χ0n) is 15.6. The summed E-state index contributed by atoms with van der Waals surface area (Å²) >= 11 is 0. The minimum absolute atomic E-state index is 0.0831. The molecule has 0 bridgehead atoms. The first kappa shape index (κ1) is 19.7. The number of hydrogen-bond donors (Lipinski definition) is 1. The Morgan fingerprint density at radius 1 is 1.29 bits per heavy atom. The number of allylic oxidation sites excluding steroid dienone is 1. The first-order chi connectivity index (χ1) is 13.5. The molecule has 28 heavy (non-hydrogen) atoms. The number of carbonyl (C=O) groups is 2. The van der Waals surface area contributed by atoms with E-state index in [-0.39, 0.29) is 23.9 Å². The van der Waals surface area contributed by atoms with Crippen LogP contribution < -0.4 is 14.8 Å². The lowest BCUT2D eigenvalue weighted by atomic mass is 9.97. The number of nitro benzene ring substituents is 1. The highest BCUT2D eigenvalue weighted by Gasteiger charge is 2.30. The highest BCUT2D eigenvalue weighted by atomic mass is 16.7. The van der Waals surface area contributed by atoms with E-state index < -0.39 is 28.6 Å². The first-order valence-electron chi connectivity index (χ1n) is 9.20. The summed E-state index contributed by atoms with van der Waals surface area (Å²) in [6.07, 6.45) is 6.38. The fourth-order valence-electron chi connectivity index (χ4n) is 3.15. The second-order valence-electron chi connectivity index (χ2n) is 6.68. The molecule has 0 fully saturated rings. The van der Waals surface area contributed by atoms with Crippen LogP contribution in [-0.4, -0.2) is 36.2 Å². The van der Waals surface area contributed by atoms with Gasteiger partial charge in [-0.1, -0.05) is 11.6 Å². The number of nitrogens with zero attached hydrogens (tertiary/aromatic N) is 1. The first-order valence-corrected chi connectivity index (χ1v) is 9.20. The third-order valence-electron chi connectivity index (χ3n) is 4.69. The van der Waals surface area contributed by atoms with Crippen molar-refractivity contribution in [2.45, 2.75) is 45.1 Å². The van der Waals surface area contributed by atoms with Gasteiger partial charge >= 0.3 is 5.97 Å². The van der Waals surface area contributed by atoms with Crippen LogP contribution in [0.4, 0.5) is 5.69 Å². The van der Waals surface area contributed by atoms with E-state index in [0.717, 1.165) is 25.3 Å². The van der Waals surface area contributed by atoms with Crippen molar-refractivity contribution in [3.8, 4) is 11.5 Å². The van der Waals surface area contributed by atoms with Gasteiger partial charge in [-0.25, -0.2) is 4.79 Å². The van der Waals surface area contributed by atoms with Crippen LogP contribution in [0, 0.1) is 10.1 Å². The molecule has 0 unspecified atom stereocenters. The van der Waals surface area contributed by atoms with E-state index in [9.17, 15) is 19.7 Å². The Balaban J connectivity index is 1.58. The van der Waals surface area contributed by atoms with E-state index in [0.29, 0.717) is 6.54 Å². The molecular weight excluding hydrogens is 368 g/mol. The minimum atomic E-state index is -1.09. The van der Waals surface area contributed by atoms with Crippen LogP contribution in [0.5, 0.6) is 11.5 Å². The molecule has 150 valence electrons. The highest BCUT2D eigenvalue weighted by Crippen LogP contribution is 2.38. The molecule has 0 saturated carbocycles. The number of esters is 1. The molecule has 0 radical (unpaired) electrons. The standard InChI is InChI=1S/C19H22N2O7/c1-12(18(22)20-8-7-13-5-3-2-4-6-13)28-19(23)14-9-16-17(27-11-26-16)10-15(14)21(24)25/h5,9-10,12H,2-4,6-8,11H2,1H3,(H,20,22)/t12-/m0/s1. The van der Waals surface area contributed by atoms with E-state index in [1.165, 1.54) is 31.4 Å². The number of benzene rings is 1. The van der Waals surface area contributed by atoms with Crippen molar-refractivity contribution >= 4 is 17.6 Å². The zero-order valence-corrected chi connectivity index (χ0v) is 15.6. The Bertz CT molecular complexity index is 819. The molecule has 0 aromatic heterocycles. The molecule has 1 atom stereocenters. The van der Waals surface area contributed by atoms with Crippen LogP contribution in [0.2, 0.25) is 0 Å². The second-order valence-corrected chi connectivity index (χ2v) is 6.68. The van der Waals surface area contributed by atoms with Gasteiger partial charge in [-0.3, -0.25) is 14.9 Å². The van der Waals surface area contributed by atoms with Gasteiger partial charge in [-0.05, 0) is 39.0 Å². The fourth-order valence-corrected chi connectivity index (χ4v) is 3.15. The molecule has 0 spiro atoms. The molecule has 1 aliphatic heterocycles. The maximum absolute atomic E-state index is 12.4. The molecule has 2 aliphatic rings. The largest absolute Gasteiger partial charge is 0.454 e. The third-order valence-corrected chi connectivity index (χ3v) is 4.69. The molecule has 1 N–H and O–H groups in total. The summed E-state index contributed by atoms with van der Waals surface area (Å²) in [6.45, 7) is 1.79. The van der Waals surface area contributed by atoms with Crippen molar-refractivity contribution in [2.75, 3.05) is 13.3 Å². The number of nitrogens with one attached hydrogen (secondary N) is 1. The van der Waals surface area contributed by atoms with Crippen molar-refractivity contribution < 1.29 is 28.7 Å². The van der Waals surface area contributed by atoms with E-state index in [2.05, 4.69) is 11.4 Å². The van der Waals surface area contributed by atoms with Crippen LogP contribution in [0.15, 0.2) is 23.8 Å². The molecule has 3 rings (SSSR count). The minimum Gasteiger partial charge on any atom is -0.454 e. The molecule has 1 aliphatic carbocycles. The topological polar surface area (TPSA) is 117 Å². The van der Waals surface area contributed by atoms with E-state index in [1.807, 2.05) is 0 Å². The summed E-state index contributed by atoms with van der Waals surface area (Å²) in [7, 11) is 0. The monoisotopic (exact) mass is 390 g/mol. The Hall–Kier alpha value is -3.10. The van der Waals surface area contributed by atoms with Crippen LogP contribution in [0.3, 0.4) is 0 Å². The summed E-state index contributed by atoms with van der Waals surface area (Å²) in [4.78, 5) is 35.1. The summed E-state index contributed by atoms with van der Waals surface area (Å²) in [6, 6.07) is 2.31. The van der Waals surface area contributed by atoms with Crippen molar-refractivity contribution in [2.24, 2.45) is 0 Å². The quantitative estimate of drug-likeness (QED) is 0.329. The zero-order chi connectivity index (χ0) is 20.1. The van der Waals surface area contributed by atoms with Crippen LogP contribution in [0.25, 0.3) is 0 Å². The summed E-state index contributed by atoms with van der Waals surface area (Å²) < 4.78 is 15.4. The molecule has 1 aromatic rings.